The number of halogens is 1. The molecular formula is C8H5FN2O3. The molecule has 0 aliphatic carbocycles. The second-order valence-electron chi connectivity index (χ2n) is 2.50. The smallest absolute Gasteiger partial charge is 0.258 e. The van der Waals surface area contributed by atoms with Crippen molar-refractivity contribution in [2.45, 2.75) is 6.92 Å². The number of carbonyl (C=O) groups excluding carboxylic acids is 1. The van der Waals surface area contributed by atoms with Crippen LogP contribution in [-0.2, 0) is 4.79 Å². The van der Waals surface area contributed by atoms with Crippen molar-refractivity contribution in [3.63, 3.8) is 0 Å². The number of aliphatic imine (C=N–C) groups is 1. The third kappa shape index (κ3) is 1.65. The van der Waals surface area contributed by atoms with Crippen molar-refractivity contribution in [2.24, 2.45) is 4.99 Å². The van der Waals surface area contributed by atoms with E-state index < -0.39 is 10.7 Å². The normalized spacial score (nSPS) is 9.29. The van der Waals surface area contributed by atoms with Gasteiger partial charge in [0.05, 0.1) is 10.5 Å². The van der Waals surface area contributed by atoms with Crippen LogP contribution in [0.1, 0.15) is 5.56 Å². The first-order chi connectivity index (χ1) is 6.57. The molecule has 1 aromatic carbocycles. The Morgan fingerprint density at radius 3 is 2.71 bits per heavy atom. The van der Waals surface area contributed by atoms with Gasteiger partial charge < -0.3 is 0 Å². The van der Waals surface area contributed by atoms with E-state index in [1.807, 2.05) is 0 Å². The number of benzene rings is 1. The molecule has 1 aromatic rings. The van der Waals surface area contributed by atoms with Gasteiger partial charge in [-0.3, -0.25) is 10.1 Å². The summed E-state index contributed by atoms with van der Waals surface area (Å²) in [5, 5.41) is 10.4. The third-order valence-corrected chi connectivity index (χ3v) is 1.71. The van der Waals surface area contributed by atoms with Crippen LogP contribution in [0.15, 0.2) is 17.1 Å². The molecule has 0 spiro atoms. The van der Waals surface area contributed by atoms with Crippen LogP contribution in [0, 0.1) is 22.9 Å². The average molecular weight is 196 g/mol. The number of nitrogens with zero attached hydrogens (tertiary/aromatic N) is 2. The van der Waals surface area contributed by atoms with Gasteiger partial charge in [0, 0.05) is 6.07 Å². The maximum atomic E-state index is 13.0. The van der Waals surface area contributed by atoms with Crippen molar-refractivity contribution in [1.29, 1.82) is 0 Å². The molecule has 0 atom stereocenters. The summed E-state index contributed by atoms with van der Waals surface area (Å²) in [4.78, 5) is 22.8. The highest BCUT2D eigenvalue weighted by Gasteiger charge is 2.16. The Morgan fingerprint density at radius 1 is 1.57 bits per heavy atom. The minimum absolute atomic E-state index is 0.0124. The molecule has 0 aliphatic heterocycles. The summed E-state index contributed by atoms with van der Waals surface area (Å²) >= 11 is 0. The lowest BCUT2D eigenvalue weighted by Gasteiger charge is -2.00. The monoisotopic (exact) mass is 196 g/mol. The zero-order valence-corrected chi connectivity index (χ0v) is 7.15. The van der Waals surface area contributed by atoms with Gasteiger partial charge in [-0.2, -0.15) is 4.99 Å². The molecule has 0 unspecified atom stereocenters. The van der Waals surface area contributed by atoms with Gasteiger partial charge in [-0.05, 0) is 13.0 Å². The fourth-order valence-electron chi connectivity index (χ4n) is 1.04. The quantitative estimate of drug-likeness (QED) is 0.314. The highest BCUT2D eigenvalue weighted by Crippen LogP contribution is 2.29. The topological polar surface area (TPSA) is 72.6 Å². The third-order valence-electron chi connectivity index (χ3n) is 1.71. The van der Waals surface area contributed by atoms with Crippen LogP contribution >= 0.6 is 0 Å². The predicted octanol–water partition coefficient (Wildman–Crippen LogP) is 2.01. The summed E-state index contributed by atoms with van der Waals surface area (Å²) in [5.74, 6) is -0.781. The van der Waals surface area contributed by atoms with Gasteiger partial charge in [0.2, 0.25) is 6.08 Å². The van der Waals surface area contributed by atoms with E-state index in [0.29, 0.717) is 0 Å². The minimum Gasteiger partial charge on any atom is -0.258 e. The van der Waals surface area contributed by atoms with Gasteiger partial charge in [0.25, 0.3) is 5.69 Å². The van der Waals surface area contributed by atoms with Crippen molar-refractivity contribution in [3.05, 3.63) is 33.6 Å². The molecule has 1 rings (SSSR count). The fourth-order valence-corrected chi connectivity index (χ4v) is 1.04. The number of nitro groups is 1. The van der Waals surface area contributed by atoms with Crippen LogP contribution in [0.3, 0.4) is 0 Å². The van der Waals surface area contributed by atoms with Crippen molar-refractivity contribution in [3.8, 4) is 0 Å². The second kappa shape index (κ2) is 3.76. The predicted molar refractivity (Wildman–Crippen MR) is 45.6 cm³/mol. The Balaban J connectivity index is 3.48. The molecule has 0 radical (unpaired) electrons. The van der Waals surface area contributed by atoms with Crippen LogP contribution in [0.25, 0.3) is 0 Å². The Bertz CT molecular complexity index is 438. The van der Waals surface area contributed by atoms with E-state index in [9.17, 15) is 19.3 Å². The van der Waals surface area contributed by atoms with Gasteiger partial charge in [-0.15, -0.1) is 0 Å². The standard InChI is InChI=1S/C8H5FN2O3/c1-5-7(11(13)14)3-2-6(9)8(5)10-4-12/h2-3H,1H3. The van der Waals surface area contributed by atoms with E-state index in [2.05, 4.69) is 4.99 Å². The molecule has 14 heavy (non-hydrogen) atoms. The van der Waals surface area contributed by atoms with Gasteiger partial charge in [-0.1, -0.05) is 0 Å². The average Bonchev–Trinajstić information content (AvgIpc) is 2.11. The zero-order valence-electron chi connectivity index (χ0n) is 7.15. The summed E-state index contributed by atoms with van der Waals surface area (Å²) in [7, 11) is 0. The van der Waals surface area contributed by atoms with E-state index in [0.717, 1.165) is 18.2 Å². The summed E-state index contributed by atoms with van der Waals surface area (Å²) in [6.07, 6.45) is 1.14. The summed E-state index contributed by atoms with van der Waals surface area (Å²) < 4.78 is 13.0. The maximum Gasteiger partial charge on any atom is 0.274 e. The summed E-state index contributed by atoms with van der Waals surface area (Å²) in [5.41, 5.74) is -0.604. The van der Waals surface area contributed by atoms with Gasteiger partial charge in [0.15, 0.2) is 5.82 Å². The van der Waals surface area contributed by atoms with E-state index in [-0.39, 0.29) is 16.9 Å². The SMILES string of the molecule is Cc1c([N+](=O)[O-])ccc(F)c1N=C=O. The van der Waals surface area contributed by atoms with Crippen molar-refractivity contribution >= 4 is 17.5 Å². The molecular weight excluding hydrogens is 191 g/mol. The number of hydrogen-bond acceptors (Lipinski definition) is 4. The van der Waals surface area contributed by atoms with Crippen molar-refractivity contribution in [1.82, 2.24) is 0 Å². The molecule has 72 valence electrons. The van der Waals surface area contributed by atoms with E-state index in [1.165, 1.54) is 6.92 Å². The Morgan fingerprint density at radius 2 is 2.21 bits per heavy atom. The zero-order chi connectivity index (χ0) is 10.7. The first-order valence-corrected chi connectivity index (χ1v) is 3.59. The van der Waals surface area contributed by atoms with Crippen LogP contribution in [-0.4, -0.2) is 11.0 Å². The summed E-state index contributed by atoms with van der Waals surface area (Å²) in [6.45, 7) is 1.32. The van der Waals surface area contributed by atoms with E-state index in [4.69, 9.17) is 0 Å². The second-order valence-corrected chi connectivity index (χ2v) is 2.50. The molecule has 0 fully saturated rings. The molecule has 0 saturated carbocycles. The lowest BCUT2D eigenvalue weighted by Crippen LogP contribution is -1.93. The Labute approximate surface area is 78.0 Å². The highest BCUT2D eigenvalue weighted by atomic mass is 19.1. The van der Waals surface area contributed by atoms with Gasteiger partial charge in [0.1, 0.15) is 5.69 Å². The number of rotatable bonds is 2. The molecule has 5 nitrogen and oxygen atoms in total. The molecule has 0 saturated heterocycles. The molecule has 0 bridgehead atoms. The molecule has 6 heteroatoms. The molecule has 0 aliphatic rings. The highest BCUT2D eigenvalue weighted by molar-refractivity contribution is 5.61. The van der Waals surface area contributed by atoms with Crippen molar-refractivity contribution in [2.75, 3.05) is 0 Å². The van der Waals surface area contributed by atoms with Crippen LogP contribution in [0.2, 0.25) is 0 Å². The van der Waals surface area contributed by atoms with Crippen molar-refractivity contribution < 1.29 is 14.1 Å². The van der Waals surface area contributed by atoms with E-state index in [1.54, 1.807) is 0 Å². The van der Waals surface area contributed by atoms with Crippen LogP contribution in [0.4, 0.5) is 15.8 Å². The fraction of sp³-hybridized carbons (Fsp3) is 0.125. The maximum absolute atomic E-state index is 13.0. The Kier molecular flexibility index (Phi) is 2.69. The lowest BCUT2D eigenvalue weighted by atomic mass is 10.1. The summed E-state index contributed by atoms with van der Waals surface area (Å²) in [6, 6.07) is 1.91. The number of nitro benzene ring substituents is 1. The molecule has 0 N–H and O–H groups in total. The first-order valence-electron chi connectivity index (χ1n) is 3.59. The minimum atomic E-state index is -0.781. The molecule has 0 amide bonds. The van der Waals surface area contributed by atoms with Crippen LogP contribution in [0.5, 0.6) is 0 Å². The largest absolute Gasteiger partial charge is 0.274 e. The molecule has 0 aromatic heterocycles. The first kappa shape index (κ1) is 10.0. The number of isocyanates is 1. The van der Waals surface area contributed by atoms with E-state index >= 15 is 0 Å². The number of hydrogen-bond donors (Lipinski definition) is 0. The van der Waals surface area contributed by atoms with Gasteiger partial charge in [-0.25, -0.2) is 9.18 Å². The lowest BCUT2D eigenvalue weighted by molar-refractivity contribution is -0.385. The Hall–Kier alpha value is -2.07. The molecule has 0 heterocycles. The van der Waals surface area contributed by atoms with Crippen LogP contribution < -0.4 is 0 Å². The van der Waals surface area contributed by atoms with Gasteiger partial charge >= 0.3 is 0 Å².